The first-order valence-corrected chi connectivity index (χ1v) is 9.72. The number of nitrogens with zero attached hydrogens (tertiary/aromatic N) is 2. The summed E-state index contributed by atoms with van der Waals surface area (Å²) in [5.41, 5.74) is 8.94. The van der Waals surface area contributed by atoms with Gasteiger partial charge in [-0.05, 0) is 29.8 Å². The lowest BCUT2D eigenvalue weighted by Gasteiger charge is -2.27. The summed E-state index contributed by atoms with van der Waals surface area (Å²) in [7, 11) is 0. The second-order valence-electron chi connectivity index (χ2n) is 6.64. The Morgan fingerprint density at radius 1 is 1.07 bits per heavy atom. The molecule has 1 aliphatic rings. The summed E-state index contributed by atoms with van der Waals surface area (Å²) < 4.78 is 5.61. The van der Waals surface area contributed by atoms with Gasteiger partial charge in [0.05, 0.1) is 21.7 Å². The number of aromatic hydroxyl groups is 1. The van der Waals surface area contributed by atoms with Crippen molar-refractivity contribution < 1.29 is 9.84 Å². The molecule has 1 heterocycles. The SMILES string of the molecule is N#CC1=C(N)Oc2cc(O)c(C=Nc3ccc(Cl)c(Cl)c3)cc2C1c1ccccc1. The van der Waals surface area contributed by atoms with Gasteiger partial charge in [-0.1, -0.05) is 53.5 Å². The number of hydrogen-bond acceptors (Lipinski definition) is 5. The molecule has 0 saturated heterocycles. The minimum absolute atomic E-state index is 0.0236. The summed E-state index contributed by atoms with van der Waals surface area (Å²) in [6, 6.07) is 19.9. The van der Waals surface area contributed by atoms with Crippen molar-refractivity contribution in [2.24, 2.45) is 10.7 Å². The molecular formula is C23H15Cl2N3O2. The van der Waals surface area contributed by atoms with E-state index in [1.807, 2.05) is 30.3 Å². The number of aliphatic imine (C=N–C) groups is 1. The zero-order chi connectivity index (χ0) is 21.3. The molecule has 5 nitrogen and oxygen atoms in total. The van der Waals surface area contributed by atoms with Crippen LogP contribution in [0.3, 0.4) is 0 Å². The van der Waals surface area contributed by atoms with E-state index in [1.54, 1.807) is 24.3 Å². The number of halogens is 2. The van der Waals surface area contributed by atoms with Crippen LogP contribution in [0.25, 0.3) is 0 Å². The molecule has 1 atom stereocenters. The first-order chi connectivity index (χ1) is 14.5. The van der Waals surface area contributed by atoms with E-state index < -0.39 is 5.92 Å². The van der Waals surface area contributed by atoms with E-state index in [4.69, 9.17) is 33.7 Å². The number of phenols is 1. The van der Waals surface area contributed by atoms with Gasteiger partial charge in [-0.15, -0.1) is 0 Å². The molecule has 0 amide bonds. The standard InChI is InChI=1S/C23H15Cl2N3O2/c24-18-7-6-15(9-19(18)25)28-12-14-8-16-21(10-20(14)29)30-23(27)17(11-26)22(16)13-4-2-1-3-5-13/h1-10,12,22,29H,27H2. The number of allylic oxidation sites excluding steroid dienone is 1. The van der Waals surface area contributed by atoms with Crippen molar-refractivity contribution in [3.05, 3.63) is 98.9 Å². The van der Waals surface area contributed by atoms with Crippen LogP contribution in [0.15, 0.2) is 77.1 Å². The maximum absolute atomic E-state index is 10.5. The van der Waals surface area contributed by atoms with Gasteiger partial charge in [0, 0.05) is 23.4 Å². The van der Waals surface area contributed by atoms with E-state index in [2.05, 4.69) is 11.1 Å². The predicted molar refractivity (Wildman–Crippen MR) is 118 cm³/mol. The first kappa shape index (κ1) is 19.8. The molecule has 3 N–H and O–H groups in total. The molecule has 3 aromatic carbocycles. The van der Waals surface area contributed by atoms with Gasteiger partial charge in [0.1, 0.15) is 23.1 Å². The summed E-state index contributed by atoms with van der Waals surface area (Å²) in [6.45, 7) is 0. The number of rotatable bonds is 3. The molecule has 0 saturated carbocycles. The largest absolute Gasteiger partial charge is 0.507 e. The van der Waals surface area contributed by atoms with Gasteiger partial charge in [-0.2, -0.15) is 5.26 Å². The van der Waals surface area contributed by atoms with Crippen LogP contribution in [-0.4, -0.2) is 11.3 Å². The highest BCUT2D eigenvalue weighted by Gasteiger charge is 2.31. The minimum atomic E-state index is -0.419. The molecule has 0 aliphatic carbocycles. The summed E-state index contributed by atoms with van der Waals surface area (Å²) in [4.78, 5) is 4.37. The Morgan fingerprint density at radius 3 is 2.53 bits per heavy atom. The van der Waals surface area contributed by atoms with E-state index in [1.165, 1.54) is 12.3 Å². The van der Waals surface area contributed by atoms with Crippen molar-refractivity contribution in [1.82, 2.24) is 0 Å². The van der Waals surface area contributed by atoms with E-state index in [0.29, 0.717) is 38.2 Å². The molecule has 0 aromatic heterocycles. The van der Waals surface area contributed by atoms with Gasteiger partial charge in [0.15, 0.2) is 0 Å². The molecule has 0 fully saturated rings. The van der Waals surface area contributed by atoms with Crippen LogP contribution in [0.5, 0.6) is 11.5 Å². The Labute approximate surface area is 183 Å². The van der Waals surface area contributed by atoms with Crippen LogP contribution in [0, 0.1) is 11.3 Å². The number of ether oxygens (including phenoxy) is 1. The molecule has 0 spiro atoms. The van der Waals surface area contributed by atoms with E-state index in [0.717, 1.165) is 5.56 Å². The first-order valence-electron chi connectivity index (χ1n) is 8.96. The van der Waals surface area contributed by atoms with Crippen molar-refractivity contribution in [2.75, 3.05) is 0 Å². The monoisotopic (exact) mass is 435 g/mol. The lowest BCUT2D eigenvalue weighted by molar-refractivity contribution is 0.388. The molecule has 7 heteroatoms. The van der Waals surface area contributed by atoms with Crippen molar-refractivity contribution in [2.45, 2.75) is 5.92 Å². The number of fused-ring (bicyclic) bond motifs is 1. The second-order valence-corrected chi connectivity index (χ2v) is 7.46. The Kier molecular flexibility index (Phi) is 5.37. The summed E-state index contributed by atoms with van der Waals surface area (Å²) in [6.07, 6.45) is 1.52. The van der Waals surface area contributed by atoms with E-state index in [-0.39, 0.29) is 11.6 Å². The average molecular weight is 436 g/mol. The zero-order valence-corrected chi connectivity index (χ0v) is 17.0. The Morgan fingerprint density at radius 2 is 1.83 bits per heavy atom. The van der Waals surface area contributed by atoms with Crippen LogP contribution >= 0.6 is 23.2 Å². The normalized spacial score (nSPS) is 15.6. The quantitative estimate of drug-likeness (QED) is 0.518. The third-order valence-corrected chi connectivity index (χ3v) is 5.49. The van der Waals surface area contributed by atoms with Gasteiger partial charge >= 0.3 is 0 Å². The van der Waals surface area contributed by atoms with Crippen molar-refractivity contribution in [3.63, 3.8) is 0 Å². The van der Waals surface area contributed by atoms with Crippen LogP contribution in [0.2, 0.25) is 10.0 Å². The number of phenolic OH excluding ortho intramolecular Hbond substituents is 1. The third kappa shape index (κ3) is 3.71. The highest BCUT2D eigenvalue weighted by Crippen LogP contribution is 2.44. The molecule has 3 aromatic rings. The average Bonchev–Trinajstić information content (AvgIpc) is 2.74. The van der Waals surface area contributed by atoms with Gasteiger partial charge in [0.2, 0.25) is 5.88 Å². The maximum Gasteiger partial charge on any atom is 0.205 e. The zero-order valence-electron chi connectivity index (χ0n) is 15.5. The van der Waals surface area contributed by atoms with Crippen LogP contribution in [0.4, 0.5) is 5.69 Å². The smallest absolute Gasteiger partial charge is 0.205 e. The minimum Gasteiger partial charge on any atom is -0.507 e. The van der Waals surface area contributed by atoms with Crippen LogP contribution in [0.1, 0.15) is 22.6 Å². The lowest BCUT2D eigenvalue weighted by atomic mass is 9.83. The van der Waals surface area contributed by atoms with Gasteiger partial charge in [-0.3, -0.25) is 4.99 Å². The van der Waals surface area contributed by atoms with Gasteiger partial charge in [0.25, 0.3) is 0 Å². The number of nitrogens with two attached hydrogens (primary N) is 1. The highest BCUT2D eigenvalue weighted by atomic mass is 35.5. The Hall–Kier alpha value is -3.46. The predicted octanol–water partition coefficient (Wildman–Crippen LogP) is 5.67. The van der Waals surface area contributed by atoms with Crippen molar-refractivity contribution in [1.29, 1.82) is 5.26 Å². The maximum atomic E-state index is 10.5. The van der Waals surface area contributed by atoms with Gasteiger partial charge in [-0.25, -0.2) is 0 Å². The Balaban J connectivity index is 1.80. The molecule has 1 unspecified atom stereocenters. The summed E-state index contributed by atoms with van der Waals surface area (Å²) >= 11 is 12.0. The molecule has 1 aliphatic heterocycles. The molecule has 0 radical (unpaired) electrons. The number of nitriles is 1. The topological polar surface area (TPSA) is 91.6 Å². The highest BCUT2D eigenvalue weighted by molar-refractivity contribution is 6.42. The molecule has 30 heavy (non-hydrogen) atoms. The van der Waals surface area contributed by atoms with E-state index in [9.17, 15) is 10.4 Å². The molecular weight excluding hydrogens is 421 g/mol. The lowest BCUT2D eigenvalue weighted by Crippen LogP contribution is -2.21. The van der Waals surface area contributed by atoms with Crippen molar-refractivity contribution >= 4 is 35.1 Å². The van der Waals surface area contributed by atoms with Crippen LogP contribution < -0.4 is 10.5 Å². The summed E-state index contributed by atoms with van der Waals surface area (Å²) in [5.74, 6) is -0.0322. The van der Waals surface area contributed by atoms with Gasteiger partial charge < -0.3 is 15.6 Å². The van der Waals surface area contributed by atoms with E-state index >= 15 is 0 Å². The number of benzene rings is 3. The second kappa shape index (κ2) is 8.11. The molecule has 0 bridgehead atoms. The third-order valence-electron chi connectivity index (χ3n) is 4.75. The molecule has 148 valence electrons. The fourth-order valence-electron chi connectivity index (χ4n) is 3.31. The summed E-state index contributed by atoms with van der Waals surface area (Å²) in [5, 5.41) is 21.0. The Bertz CT molecular complexity index is 1230. The fraction of sp³-hybridized carbons (Fsp3) is 0.0435. The fourth-order valence-corrected chi connectivity index (χ4v) is 3.61. The number of hydrogen-bond donors (Lipinski definition) is 2. The molecule has 4 rings (SSSR count). The van der Waals surface area contributed by atoms with Crippen molar-refractivity contribution in [3.8, 4) is 17.6 Å². The van der Waals surface area contributed by atoms with Crippen LogP contribution in [-0.2, 0) is 0 Å².